The van der Waals surface area contributed by atoms with Crippen molar-refractivity contribution in [3.63, 3.8) is 0 Å². The van der Waals surface area contributed by atoms with E-state index in [-0.39, 0.29) is 6.61 Å². The Hall–Kier alpha value is -1.90. The molecule has 0 aromatic heterocycles. The zero-order valence-electron chi connectivity index (χ0n) is 85.5. The Morgan fingerprint density at radius 1 is 0.273 bits per heavy atom. The number of hydrogen-bond acceptors (Lipinski definition) is 6. The Labute approximate surface area is 823 Å². The first-order valence-corrected chi connectivity index (χ1v) is 59.3. The lowest BCUT2D eigenvalue weighted by Crippen LogP contribution is -2.52. The molecule has 42 atom stereocenters. The van der Waals surface area contributed by atoms with E-state index in [1.807, 2.05) is 0 Å². The number of halogens is 2. The summed E-state index contributed by atoms with van der Waals surface area (Å²) < 4.78 is 0. The predicted molar refractivity (Wildman–Crippen MR) is 551 cm³/mol. The molecule has 0 heterocycles. The summed E-state index contributed by atoms with van der Waals surface area (Å²) in [6.07, 6.45) is 62.1. The van der Waals surface area contributed by atoms with E-state index in [9.17, 15) is 30.6 Å². The van der Waals surface area contributed by atoms with Gasteiger partial charge in [0.2, 0.25) is 0 Å². The molecule has 23 aliphatic rings. The van der Waals surface area contributed by atoms with Crippen molar-refractivity contribution in [3.8, 4) is 35.5 Å². The largest absolute Gasteiger partial charge is 0.392 e. The lowest BCUT2D eigenvalue weighted by atomic mass is 9.47. The van der Waals surface area contributed by atoms with Crippen molar-refractivity contribution < 1.29 is 30.6 Å². The predicted octanol–water partition coefficient (Wildman–Crippen LogP) is 29.3. The van der Waals surface area contributed by atoms with E-state index in [0.717, 1.165) is 252 Å². The molecule has 0 saturated heterocycles. The van der Waals surface area contributed by atoms with Gasteiger partial charge in [0.25, 0.3) is 0 Å². The van der Waals surface area contributed by atoms with Crippen LogP contribution in [-0.4, -0.2) is 75.9 Å². The third kappa shape index (κ3) is 18.8. The number of fused-ring (bicyclic) bond motifs is 25. The molecule has 0 aromatic rings. The van der Waals surface area contributed by atoms with Crippen LogP contribution in [0.15, 0.2) is 60.8 Å². The molecule has 0 radical (unpaired) electrons. The van der Waals surface area contributed by atoms with E-state index in [2.05, 4.69) is 176 Å². The van der Waals surface area contributed by atoms with Crippen LogP contribution in [0.2, 0.25) is 0 Å². The summed E-state index contributed by atoms with van der Waals surface area (Å²) in [6.45, 7) is 48.5. The van der Waals surface area contributed by atoms with Crippen molar-refractivity contribution in [2.45, 2.75) is 419 Å². The topological polar surface area (TPSA) is 121 Å². The van der Waals surface area contributed by atoms with Crippen molar-refractivity contribution in [2.75, 3.05) is 17.3 Å². The monoisotopic (exact) mass is 1930 g/mol. The summed E-state index contributed by atoms with van der Waals surface area (Å²) in [7, 11) is 0. The molecule has 0 aromatic carbocycles. The van der Waals surface area contributed by atoms with Gasteiger partial charge in [-0.3, -0.25) is 0 Å². The highest BCUT2D eigenvalue weighted by Gasteiger charge is 2.66. The van der Waals surface area contributed by atoms with Gasteiger partial charge in [-0.1, -0.05) is 171 Å². The Morgan fingerprint density at radius 2 is 0.523 bits per heavy atom. The molecule has 23 fully saturated rings. The maximum atomic E-state index is 11.1. The molecule has 23 saturated carbocycles. The molecule has 6 N–H and O–H groups in total. The summed E-state index contributed by atoms with van der Waals surface area (Å²) in [5, 5.41) is 66.1. The molecule has 0 amide bonds. The second-order valence-corrected chi connectivity index (χ2v) is 56.3. The first-order valence-electron chi connectivity index (χ1n) is 57.0. The van der Waals surface area contributed by atoms with Crippen LogP contribution in [-0.2, 0) is 0 Å². The fraction of sp³-hybridized carbons (Fsp3) is 0.871. The van der Waals surface area contributed by atoms with Crippen molar-refractivity contribution >= 4 is 31.9 Å². The third-order valence-electron chi connectivity index (χ3n) is 47.8. The third-order valence-corrected chi connectivity index (χ3v) is 49.3. The highest BCUT2D eigenvalue weighted by Crippen LogP contribution is 2.73. The molecule has 0 aliphatic heterocycles. The molecule has 23 rings (SSSR count). The normalized spacial score (nSPS) is 52.5. The SMILES string of the molecule is C=C(C)[C@H]1CC[C@H]2[C@@H]3CC[C@H]4C[C@](O)(C#CC5CC5)CC[C@@H]4[C@H]3CC[C@]12C.C=C(C)[C@H]1CC[C@H]2[C@@H]3C[C@@H](C)[C@H]4C[C@@](C)(O)CC[C@@H]4[C@H]3CC[C@]12C.C=C(CBr)[C@H]1CC[C@H]2[C@@H]3CC[C@H]4C[C@](O)(C#CC5CC5)CC[C@@H]4[C@H]3CC[C@]12C.C=C(CBr)[C@H]1CC[C@H]2[C@@H]3C[C@@H](C)[C@H]4C[C@@](C)(O)CC[C@@H]4[C@H]3CC[C@]12C.C=C(CO)[C@H]1CC[C@H]2[C@@H]3CC[C@H]4C[C@](O)(C#CC5CC5)CC[C@@H]4[C@H]3CC[C@]12C. The smallest absolute Gasteiger partial charge is 0.125 e. The fourth-order valence-corrected chi connectivity index (χ4v) is 41.9. The lowest BCUT2D eigenvalue weighted by molar-refractivity contribution is -0.117. The second-order valence-electron chi connectivity index (χ2n) is 55.2. The van der Waals surface area contributed by atoms with Crippen molar-refractivity contribution in [1.29, 1.82) is 0 Å². The van der Waals surface area contributed by atoms with Gasteiger partial charge in [0.1, 0.15) is 16.8 Å². The zero-order valence-corrected chi connectivity index (χ0v) is 88.6. The van der Waals surface area contributed by atoms with Crippen molar-refractivity contribution in [3.05, 3.63) is 60.8 Å². The van der Waals surface area contributed by atoms with Gasteiger partial charge in [-0.05, 0) is 564 Å². The van der Waals surface area contributed by atoms with Gasteiger partial charge in [-0.25, -0.2) is 0 Å². The molecule has 734 valence electrons. The average Bonchev–Trinajstić information content (AvgIpc) is 1.52. The number of aliphatic hydroxyl groups is 6. The van der Waals surface area contributed by atoms with E-state index in [4.69, 9.17) is 0 Å². The number of allylic oxidation sites excluding steroid dienone is 4. The Balaban J connectivity index is 0.000000107. The molecule has 6 nitrogen and oxygen atoms in total. The molecule has 0 bridgehead atoms. The van der Waals surface area contributed by atoms with E-state index >= 15 is 0 Å². The lowest BCUT2D eigenvalue weighted by Gasteiger charge is -2.59. The first-order chi connectivity index (χ1) is 62.8. The van der Waals surface area contributed by atoms with E-state index < -0.39 is 28.0 Å². The number of alkyl halides is 2. The van der Waals surface area contributed by atoms with E-state index in [1.54, 1.807) is 0 Å². The number of aliphatic hydroxyl groups excluding tert-OH is 1. The maximum Gasteiger partial charge on any atom is 0.125 e. The molecule has 23 aliphatic carbocycles. The molecule has 132 heavy (non-hydrogen) atoms. The standard InChI is InChI=1S/C26H37BrO.C26H38O2.C26H38O.C23H37BrO.C23H38O/c2*1-17(16-27)23-7-8-24-22-6-5-19-15-26(28,13-9-18-3-4-18)14-11-20(19)21(22)10-12-25(23,24)2;1-17(2)23-8-9-24-22-7-6-19-16-26(27,14-10-18-4-5-18)15-12-20(19)21(22)11-13-25(23,24)3;1-14-11-18-16(17-7-9-22(3,25)12-19(14)17)8-10-23(4)20(15(2)13-24)5-6-21(18)23;1-14(2)20-6-7-21-18-12-15(3)19-13-22(4,24)10-8-17(19)16(18)9-11-23(20,21)5/h18-24,28H,1,3-8,10-12,14-16H2,2H3;18-24,27-28H,1,3-8,10-12,14-16H2,2H3;18-24,27H,1,4-9,11-13,15-16H2,2-3H3;14,16-21,25H,2,5-13H2,1,3-4H3;15-21,24H,1,6-13H2,2-5H3/t3*19-,20-,21+,22+,23+,24-,25+,26-;14-,16-,17-,18-,19-,20-,21+,22+,23-;15-,16-,17-,18-,19-,20-,21+,22+,23-/m00011/s1. The summed E-state index contributed by atoms with van der Waals surface area (Å²) in [4.78, 5) is 0. The number of rotatable bonds is 8. The van der Waals surface area contributed by atoms with Crippen LogP contribution in [0.4, 0.5) is 0 Å². The van der Waals surface area contributed by atoms with Gasteiger partial charge in [0, 0.05) is 28.4 Å². The van der Waals surface area contributed by atoms with Crippen LogP contribution in [0, 0.1) is 270 Å². The highest BCUT2D eigenvalue weighted by atomic mass is 79.9. The van der Waals surface area contributed by atoms with Gasteiger partial charge in [-0.2, -0.15) is 0 Å². The minimum Gasteiger partial charge on any atom is -0.392 e. The van der Waals surface area contributed by atoms with Crippen molar-refractivity contribution in [2.24, 2.45) is 234 Å². The van der Waals surface area contributed by atoms with Crippen LogP contribution in [0.1, 0.15) is 391 Å². The summed E-state index contributed by atoms with van der Waals surface area (Å²) in [5.74, 6) is 48.6. The van der Waals surface area contributed by atoms with Crippen LogP contribution in [0.25, 0.3) is 0 Å². The molecular weight excluding hydrogens is 1750 g/mol. The first kappa shape index (κ1) is 98.9. The minimum absolute atomic E-state index is 0.159. The fourth-order valence-electron chi connectivity index (χ4n) is 41.1. The quantitative estimate of drug-likeness (QED) is 0.0818. The minimum atomic E-state index is -0.697. The van der Waals surface area contributed by atoms with Gasteiger partial charge in [0.15, 0.2) is 0 Å². The van der Waals surface area contributed by atoms with E-state index in [1.165, 1.54) is 273 Å². The number of hydrogen-bond donors (Lipinski definition) is 6. The molecule has 0 spiro atoms. The summed E-state index contributed by atoms with van der Waals surface area (Å²) in [6, 6.07) is 0. The van der Waals surface area contributed by atoms with Crippen LogP contribution >= 0.6 is 31.9 Å². The Kier molecular flexibility index (Phi) is 28.5. The average molecular weight is 1930 g/mol. The second kappa shape index (κ2) is 38.0. The molecule has 8 heteroatoms. The van der Waals surface area contributed by atoms with Crippen molar-refractivity contribution in [1.82, 2.24) is 0 Å². The summed E-state index contributed by atoms with van der Waals surface area (Å²) in [5.41, 5.74) is 6.38. The Morgan fingerprint density at radius 3 is 0.803 bits per heavy atom. The zero-order chi connectivity index (χ0) is 93.1. The van der Waals surface area contributed by atoms with Gasteiger partial charge in [0.05, 0.1) is 17.8 Å². The van der Waals surface area contributed by atoms with Gasteiger partial charge in [-0.15, -0.1) is 0 Å². The van der Waals surface area contributed by atoms with Crippen LogP contribution in [0.3, 0.4) is 0 Å². The Bertz CT molecular complexity index is 4280. The van der Waals surface area contributed by atoms with E-state index in [0.29, 0.717) is 62.6 Å². The van der Waals surface area contributed by atoms with Crippen LogP contribution < -0.4 is 0 Å². The van der Waals surface area contributed by atoms with Crippen LogP contribution in [0.5, 0.6) is 0 Å². The molecule has 0 unspecified atom stereocenters. The highest BCUT2D eigenvalue weighted by molar-refractivity contribution is 9.09. The molecular formula is C124H188Br2O6. The summed E-state index contributed by atoms with van der Waals surface area (Å²) >= 11 is 7.36. The van der Waals surface area contributed by atoms with Gasteiger partial charge >= 0.3 is 0 Å². The van der Waals surface area contributed by atoms with Gasteiger partial charge < -0.3 is 30.6 Å². The maximum absolute atomic E-state index is 11.1.